The van der Waals surface area contributed by atoms with Crippen LogP contribution in [0, 0.1) is 0 Å². The second kappa shape index (κ2) is 8.11. The molecule has 130 valence electrons. The molecule has 0 spiro atoms. The lowest BCUT2D eigenvalue weighted by molar-refractivity contribution is -0.139. The van der Waals surface area contributed by atoms with Gasteiger partial charge in [0.1, 0.15) is 11.9 Å². The van der Waals surface area contributed by atoms with Crippen molar-refractivity contribution in [2.24, 2.45) is 0 Å². The van der Waals surface area contributed by atoms with Gasteiger partial charge in [0.05, 0.1) is 12.8 Å². The van der Waals surface area contributed by atoms with Crippen LogP contribution in [-0.2, 0) is 16.1 Å². The van der Waals surface area contributed by atoms with E-state index in [2.05, 4.69) is 10.6 Å². The normalized spacial score (nSPS) is 11.9. The topological polar surface area (TPSA) is 91.6 Å². The SMILES string of the molecule is O=C(NCc1ccco1)C(=O)NCC(O)c1ccc(-c2ccsc2)s1. The lowest BCUT2D eigenvalue weighted by atomic mass is 10.2. The summed E-state index contributed by atoms with van der Waals surface area (Å²) in [6.45, 7) is 0.104. The summed E-state index contributed by atoms with van der Waals surface area (Å²) < 4.78 is 5.07. The van der Waals surface area contributed by atoms with Crippen molar-refractivity contribution in [3.63, 3.8) is 0 Å². The lowest BCUT2D eigenvalue weighted by Crippen LogP contribution is -2.41. The average Bonchev–Trinajstić information content (AvgIpc) is 3.37. The summed E-state index contributed by atoms with van der Waals surface area (Å²) in [4.78, 5) is 25.3. The second-order valence-electron chi connectivity index (χ2n) is 5.20. The third-order valence-electron chi connectivity index (χ3n) is 3.43. The van der Waals surface area contributed by atoms with E-state index in [1.165, 1.54) is 17.6 Å². The second-order valence-corrected chi connectivity index (χ2v) is 7.10. The number of aliphatic hydroxyl groups excluding tert-OH is 1. The zero-order valence-corrected chi connectivity index (χ0v) is 14.7. The van der Waals surface area contributed by atoms with Crippen LogP contribution in [0.25, 0.3) is 10.4 Å². The minimum atomic E-state index is -0.862. The molecule has 3 rings (SSSR count). The number of rotatable bonds is 6. The van der Waals surface area contributed by atoms with Gasteiger partial charge < -0.3 is 20.2 Å². The van der Waals surface area contributed by atoms with Crippen molar-refractivity contribution < 1.29 is 19.1 Å². The molecule has 0 bridgehead atoms. The zero-order valence-electron chi connectivity index (χ0n) is 13.1. The van der Waals surface area contributed by atoms with Crippen molar-refractivity contribution in [1.29, 1.82) is 0 Å². The summed E-state index contributed by atoms with van der Waals surface area (Å²) in [6, 6.07) is 9.17. The van der Waals surface area contributed by atoms with Gasteiger partial charge in [0.25, 0.3) is 0 Å². The molecular formula is C17H16N2O4S2. The Morgan fingerprint density at radius 2 is 2.00 bits per heavy atom. The van der Waals surface area contributed by atoms with E-state index in [9.17, 15) is 14.7 Å². The average molecular weight is 376 g/mol. The van der Waals surface area contributed by atoms with Crippen molar-refractivity contribution in [1.82, 2.24) is 10.6 Å². The number of nitrogens with one attached hydrogen (secondary N) is 2. The Morgan fingerprint density at radius 1 is 1.16 bits per heavy atom. The molecule has 0 radical (unpaired) electrons. The van der Waals surface area contributed by atoms with Gasteiger partial charge in [-0.3, -0.25) is 9.59 Å². The summed E-state index contributed by atoms with van der Waals surface area (Å²) in [5.74, 6) is -1.00. The number of aliphatic hydroxyl groups is 1. The summed E-state index contributed by atoms with van der Waals surface area (Å²) in [7, 11) is 0. The zero-order chi connectivity index (χ0) is 17.6. The third-order valence-corrected chi connectivity index (χ3v) is 5.35. The molecule has 3 aromatic rings. The molecular weight excluding hydrogens is 360 g/mol. The first-order valence-corrected chi connectivity index (χ1v) is 9.28. The molecule has 1 atom stereocenters. The van der Waals surface area contributed by atoms with E-state index in [4.69, 9.17) is 4.42 Å². The first kappa shape index (κ1) is 17.4. The summed E-state index contributed by atoms with van der Waals surface area (Å²) in [5, 5.41) is 19.1. The van der Waals surface area contributed by atoms with Gasteiger partial charge in [0.2, 0.25) is 0 Å². The Morgan fingerprint density at radius 3 is 2.72 bits per heavy atom. The number of carbonyl (C=O) groups is 2. The monoisotopic (exact) mass is 376 g/mol. The number of amides is 2. The van der Waals surface area contributed by atoms with Crippen LogP contribution in [0.1, 0.15) is 16.7 Å². The van der Waals surface area contributed by atoms with E-state index in [0.29, 0.717) is 5.76 Å². The number of carbonyl (C=O) groups excluding carboxylic acids is 2. The molecule has 3 aromatic heterocycles. The molecule has 0 saturated carbocycles. The minimum Gasteiger partial charge on any atom is -0.467 e. The van der Waals surface area contributed by atoms with Gasteiger partial charge in [-0.1, -0.05) is 0 Å². The Labute approximate surface area is 152 Å². The quantitative estimate of drug-likeness (QED) is 0.577. The van der Waals surface area contributed by atoms with E-state index in [1.807, 2.05) is 29.0 Å². The molecule has 1 unspecified atom stereocenters. The van der Waals surface area contributed by atoms with Gasteiger partial charge in [-0.05, 0) is 41.1 Å². The Bertz CT molecular complexity index is 825. The van der Waals surface area contributed by atoms with Gasteiger partial charge in [0, 0.05) is 21.9 Å². The van der Waals surface area contributed by atoms with Crippen LogP contribution in [0.4, 0.5) is 0 Å². The first-order valence-electron chi connectivity index (χ1n) is 7.52. The highest BCUT2D eigenvalue weighted by atomic mass is 32.1. The fourth-order valence-corrected chi connectivity index (χ4v) is 3.84. The first-order chi connectivity index (χ1) is 12.1. The van der Waals surface area contributed by atoms with Crippen LogP contribution in [-0.4, -0.2) is 23.5 Å². The predicted molar refractivity (Wildman–Crippen MR) is 96.2 cm³/mol. The van der Waals surface area contributed by atoms with Crippen LogP contribution >= 0.6 is 22.7 Å². The van der Waals surface area contributed by atoms with Crippen molar-refractivity contribution in [3.8, 4) is 10.4 Å². The standard InChI is InChI=1S/C17H16N2O4S2/c20-13(15-4-3-14(25-15)11-5-7-24-10-11)9-19-17(22)16(21)18-8-12-2-1-6-23-12/h1-7,10,13,20H,8-9H2,(H,18,21)(H,19,22). The van der Waals surface area contributed by atoms with Gasteiger partial charge in [-0.25, -0.2) is 0 Å². The van der Waals surface area contributed by atoms with E-state index in [-0.39, 0.29) is 13.1 Å². The van der Waals surface area contributed by atoms with Gasteiger partial charge >= 0.3 is 11.8 Å². The number of thiophene rings is 2. The number of hydrogen-bond acceptors (Lipinski definition) is 6. The highest BCUT2D eigenvalue weighted by Gasteiger charge is 2.17. The molecule has 0 aromatic carbocycles. The van der Waals surface area contributed by atoms with Crippen LogP contribution in [0.15, 0.2) is 51.8 Å². The molecule has 2 amide bonds. The smallest absolute Gasteiger partial charge is 0.309 e. The maximum Gasteiger partial charge on any atom is 0.309 e. The molecule has 3 heterocycles. The summed E-state index contributed by atoms with van der Waals surface area (Å²) in [5.41, 5.74) is 1.11. The Kier molecular flexibility index (Phi) is 5.64. The maximum absolute atomic E-state index is 11.8. The number of hydrogen-bond donors (Lipinski definition) is 3. The van der Waals surface area contributed by atoms with Crippen LogP contribution in [0.3, 0.4) is 0 Å². The summed E-state index contributed by atoms with van der Waals surface area (Å²) >= 11 is 3.07. The van der Waals surface area contributed by atoms with E-state index in [1.54, 1.807) is 23.5 Å². The van der Waals surface area contributed by atoms with Crippen LogP contribution in [0.2, 0.25) is 0 Å². The third kappa shape index (κ3) is 4.56. The highest BCUT2D eigenvalue weighted by Crippen LogP contribution is 2.32. The van der Waals surface area contributed by atoms with Crippen molar-refractivity contribution >= 4 is 34.5 Å². The molecule has 8 heteroatoms. The molecule has 0 aliphatic heterocycles. The lowest BCUT2D eigenvalue weighted by Gasteiger charge is -2.10. The van der Waals surface area contributed by atoms with Gasteiger partial charge in [-0.15, -0.1) is 11.3 Å². The predicted octanol–water partition coefficient (Wildman–Crippen LogP) is 2.54. The fraction of sp³-hybridized carbons (Fsp3) is 0.176. The number of furan rings is 1. The molecule has 0 aliphatic rings. The van der Waals surface area contributed by atoms with E-state index < -0.39 is 17.9 Å². The van der Waals surface area contributed by atoms with Crippen LogP contribution < -0.4 is 10.6 Å². The molecule has 3 N–H and O–H groups in total. The Balaban J connectivity index is 1.47. The van der Waals surface area contributed by atoms with Crippen molar-refractivity contribution in [2.45, 2.75) is 12.6 Å². The molecule has 6 nitrogen and oxygen atoms in total. The maximum atomic E-state index is 11.8. The molecule has 25 heavy (non-hydrogen) atoms. The largest absolute Gasteiger partial charge is 0.467 e. The van der Waals surface area contributed by atoms with Crippen molar-refractivity contribution in [3.05, 3.63) is 58.0 Å². The minimum absolute atomic E-state index is 0.0312. The van der Waals surface area contributed by atoms with Crippen LogP contribution in [0.5, 0.6) is 0 Å². The van der Waals surface area contributed by atoms with Crippen molar-refractivity contribution in [2.75, 3.05) is 6.54 Å². The fourth-order valence-electron chi connectivity index (χ4n) is 2.12. The highest BCUT2D eigenvalue weighted by molar-refractivity contribution is 7.16. The van der Waals surface area contributed by atoms with E-state index in [0.717, 1.165) is 15.3 Å². The Hall–Kier alpha value is -2.42. The van der Waals surface area contributed by atoms with Gasteiger partial charge in [0.15, 0.2) is 0 Å². The van der Waals surface area contributed by atoms with E-state index >= 15 is 0 Å². The molecule has 0 aliphatic carbocycles. The summed E-state index contributed by atoms with van der Waals surface area (Å²) in [6.07, 6.45) is 0.628. The molecule has 0 fully saturated rings. The molecule has 0 saturated heterocycles. The van der Waals surface area contributed by atoms with Gasteiger partial charge in [-0.2, -0.15) is 11.3 Å².